The summed E-state index contributed by atoms with van der Waals surface area (Å²) in [6.07, 6.45) is 0.352. The van der Waals surface area contributed by atoms with E-state index >= 15 is 0 Å². The van der Waals surface area contributed by atoms with Crippen molar-refractivity contribution in [3.05, 3.63) is 107 Å². The van der Waals surface area contributed by atoms with Crippen molar-refractivity contribution in [2.45, 2.75) is 31.6 Å². The van der Waals surface area contributed by atoms with Crippen LogP contribution in [-0.4, -0.2) is 38.6 Å². The summed E-state index contributed by atoms with van der Waals surface area (Å²) in [6.45, 7) is 2.29. The Morgan fingerprint density at radius 2 is 1.60 bits per heavy atom. The number of nitrogens with zero attached hydrogens (tertiary/aromatic N) is 2. The number of fused-ring (bicyclic) bond motifs is 2. The van der Waals surface area contributed by atoms with E-state index in [4.69, 9.17) is 14.2 Å². The number of anilines is 2. The van der Waals surface area contributed by atoms with Crippen LogP contribution in [0.2, 0.25) is 0 Å². The van der Waals surface area contributed by atoms with Crippen molar-refractivity contribution in [2.24, 2.45) is 0 Å². The Kier molecular flexibility index (Phi) is 7.40. The van der Waals surface area contributed by atoms with Gasteiger partial charge in [-0.05, 0) is 36.8 Å². The van der Waals surface area contributed by atoms with Crippen molar-refractivity contribution >= 4 is 29.2 Å². The summed E-state index contributed by atoms with van der Waals surface area (Å²) in [7, 11) is 2.33. The summed E-state index contributed by atoms with van der Waals surface area (Å²) in [4.78, 5) is 44.9. The summed E-state index contributed by atoms with van der Waals surface area (Å²) < 4.78 is 32.0. The summed E-state index contributed by atoms with van der Waals surface area (Å²) in [5, 5.41) is 0. The molecule has 0 fully saturated rings. The summed E-state index contributed by atoms with van der Waals surface area (Å²) in [5.41, 5.74) is -1.20. The third-order valence-corrected chi connectivity index (χ3v) is 7.15. The number of rotatable bonds is 7. The van der Waals surface area contributed by atoms with Crippen molar-refractivity contribution in [1.82, 2.24) is 0 Å². The third-order valence-electron chi connectivity index (χ3n) is 7.15. The van der Waals surface area contributed by atoms with E-state index in [1.54, 1.807) is 54.6 Å². The first-order chi connectivity index (χ1) is 19.4. The van der Waals surface area contributed by atoms with Gasteiger partial charge in [-0.25, -0.2) is 14.0 Å². The highest BCUT2D eigenvalue weighted by atomic mass is 19.1. The topological polar surface area (TPSA) is 85.4 Å². The number of halogens is 1. The first-order valence-electron chi connectivity index (χ1n) is 13.0. The van der Waals surface area contributed by atoms with Crippen LogP contribution in [0.5, 0.6) is 0 Å². The van der Waals surface area contributed by atoms with Gasteiger partial charge in [0.1, 0.15) is 17.1 Å². The molecule has 0 aliphatic carbocycles. The SMILES string of the molecule is CCCCN1C(=O)[C@@]2(O[C@@H](c3ccccc3)N(c3ccccc3)C(C(=O)OC)=C2C(=O)OC)c2cc(F)ccc21. The molecule has 2 aliphatic rings. The lowest BCUT2D eigenvalue weighted by atomic mass is 9.82. The fourth-order valence-corrected chi connectivity index (χ4v) is 5.34. The molecule has 40 heavy (non-hydrogen) atoms. The minimum atomic E-state index is -2.19. The molecule has 206 valence electrons. The minimum absolute atomic E-state index is 0.115. The van der Waals surface area contributed by atoms with Crippen LogP contribution in [-0.2, 0) is 34.2 Å². The van der Waals surface area contributed by atoms with E-state index in [0.29, 0.717) is 29.9 Å². The standard InChI is InChI=1S/C31H29FN2O6/c1-4-5-18-33-24-17-16-21(32)19-23(24)31(30(33)37)25(28(35)38-2)26(29(36)39-3)34(22-14-10-7-11-15-22)27(40-31)20-12-8-6-9-13-20/h6-17,19,27H,4-5,18H2,1-3H3/t27-,31+/m0/s1. The summed E-state index contributed by atoms with van der Waals surface area (Å²) in [5.74, 6) is -3.10. The Hall–Kier alpha value is -4.50. The molecule has 3 aromatic rings. The first-order valence-corrected chi connectivity index (χ1v) is 13.0. The number of ether oxygens (including phenoxy) is 3. The predicted molar refractivity (Wildman–Crippen MR) is 146 cm³/mol. The Morgan fingerprint density at radius 1 is 0.950 bits per heavy atom. The van der Waals surface area contributed by atoms with Gasteiger partial charge in [0.25, 0.3) is 5.91 Å². The third kappa shape index (κ3) is 4.23. The number of methoxy groups -OCH3 is 2. The molecule has 3 aromatic carbocycles. The molecule has 1 amide bonds. The summed E-state index contributed by atoms with van der Waals surface area (Å²) >= 11 is 0. The number of para-hydroxylation sites is 1. The molecule has 8 nitrogen and oxygen atoms in total. The van der Waals surface area contributed by atoms with Crippen LogP contribution >= 0.6 is 0 Å². The number of esters is 2. The largest absolute Gasteiger partial charge is 0.465 e. The van der Waals surface area contributed by atoms with Crippen LogP contribution in [0.25, 0.3) is 0 Å². The van der Waals surface area contributed by atoms with Crippen molar-refractivity contribution < 1.29 is 33.0 Å². The van der Waals surface area contributed by atoms with Gasteiger partial charge in [0.2, 0.25) is 5.60 Å². The van der Waals surface area contributed by atoms with E-state index in [1.165, 1.54) is 35.1 Å². The molecular formula is C31H29FN2O6. The lowest BCUT2D eigenvalue weighted by Gasteiger charge is -2.46. The van der Waals surface area contributed by atoms with Crippen molar-refractivity contribution in [1.29, 1.82) is 0 Å². The molecule has 0 aromatic heterocycles. The molecule has 2 heterocycles. The lowest BCUT2D eigenvalue weighted by Crippen LogP contribution is -2.55. The summed E-state index contributed by atoms with van der Waals surface area (Å²) in [6, 6.07) is 21.7. The molecule has 1 spiro atoms. The molecular weight excluding hydrogens is 515 g/mol. The molecule has 9 heteroatoms. The molecule has 0 bridgehead atoms. The van der Waals surface area contributed by atoms with E-state index in [-0.39, 0.29) is 16.8 Å². The monoisotopic (exact) mass is 544 g/mol. The second kappa shape index (κ2) is 10.9. The first kappa shape index (κ1) is 27.1. The fraction of sp³-hybridized carbons (Fsp3) is 0.258. The van der Waals surface area contributed by atoms with Crippen LogP contribution in [0, 0.1) is 5.82 Å². The normalized spacial score (nSPS) is 20.1. The lowest BCUT2D eigenvalue weighted by molar-refractivity contribution is -0.159. The van der Waals surface area contributed by atoms with E-state index in [2.05, 4.69) is 0 Å². The number of unbranched alkanes of at least 4 members (excludes halogenated alkanes) is 1. The maximum absolute atomic E-state index is 14.9. The molecule has 2 atom stereocenters. The van der Waals surface area contributed by atoms with Gasteiger partial charge in [0.05, 0.1) is 19.9 Å². The number of benzene rings is 3. The average molecular weight is 545 g/mol. The minimum Gasteiger partial charge on any atom is -0.465 e. The molecule has 2 aliphatic heterocycles. The van der Waals surface area contributed by atoms with Crippen molar-refractivity contribution in [3.63, 3.8) is 0 Å². The molecule has 5 rings (SSSR count). The van der Waals surface area contributed by atoms with Gasteiger partial charge < -0.3 is 24.0 Å². The fourth-order valence-electron chi connectivity index (χ4n) is 5.34. The molecule has 0 unspecified atom stereocenters. The Labute approximate surface area is 231 Å². The van der Waals surface area contributed by atoms with Gasteiger partial charge in [-0.1, -0.05) is 61.9 Å². The number of amides is 1. The number of hydrogen-bond acceptors (Lipinski definition) is 7. The smallest absolute Gasteiger partial charge is 0.355 e. The van der Waals surface area contributed by atoms with Crippen LogP contribution in [0.3, 0.4) is 0 Å². The van der Waals surface area contributed by atoms with E-state index in [9.17, 15) is 18.8 Å². The molecule has 0 radical (unpaired) electrons. The van der Waals surface area contributed by atoms with Crippen LogP contribution in [0.15, 0.2) is 90.1 Å². The van der Waals surface area contributed by atoms with Gasteiger partial charge in [-0.3, -0.25) is 4.79 Å². The highest BCUT2D eigenvalue weighted by molar-refractivity contribution is 6.17. The van der Waals surface area contributed by atoms with Crippen molar-refractivity contribution in [3.8, 4) is 0 Å². The van der Waals surface area contributed by atoms with E-state index < -0.39 is 35.5 Å². The van der Waals surface area contributed by atoms with E-state index in [1.807, 2.05) is 13.0 Å². The zero-order chi connectivity index (χ0) is 28.4. The van der Waals surface area contributed by atoms with Gasteiger partial charge in [-0.2, -0.15) is 0 Å². The van der Waals surface area contributed by atoms with Crippen LogP contribution < -0.4 is 9.80 Å². The van der Waals surface area contributed by atoms with E-state index in [0.717, 1.165) is 13.5 Å². The maximum atomic E-state index is 14.9. The van der Waals surface area contributed by atoms with Crippen molar-refractivity contribution in [2.75, 3.05) is 30.6 Å². The molecule has 0 saturated carbocycles. The molecule has 0 N–H and O–H groups in total. The Balaban J connectivity index is 1.91. The van der Waals surface area contributed by atoms with Gasteiger partial charge in [0.15, 0.2) is 6.23 Å². The number of hydrogen-bond donors (Lipinski definition) is 0. The zero-order valence-electron chi connectivity index (χ0n) is 22.4. The highest BCUT2D eigenvalue weighted by Crippen LogP contribution is 2.55. The van der Waals surface area contributed by atoms with Gasteiger partial charge in [-0.15, -0.1) is 0 Å². The Bertz CT molecular complexity index is 1480. The highest BCUT2D eigenvalue weighted by Gasteiger charge is 2.63. The second-order valence-electron chi connectivity index (χ2n) is 9.45. The molecule has 0 saturated heterocycles. The Morgan fingerprint density at radius 3 is 2.23 bits per heavy atom. The zero-order valence-corrected chi connectivity index (χ0v) is 22.4. The van der Waals surface area contributed by atoms with Gasteiger partial charge >= 0.3 is 11.9 Å². The average Bonchev–Trinajstić information content (AvgIpc) is 3.21. The second-order valence-corrected chi connectivity index (χ2v) is 9.45. The number of carbonyl (C=O) groups excluding carboxylic acids is 3. The van der Waals surface area contributed by atoms with Crippen LogP contribution in [0.4, 0.5) is 15.8 Å². The van der Waals surface area contributed by atoms with Gasteiger partial charge in [0, 0.05) is 23.4 Å². The quantitative estimate of drug-likeness (QED) is 0.387. The maximum Gasteiger partial charge on any atom is 0.355 e. The number of carbonyl (C=O) groups is 3. The van der Waals surface area contributed by atoms with Crippen LogP contribution in [0.1, 0.15) is 37.1 Å². The predicted octanol–water partition coefficient (Wildman–Crippen LogP) is 5.00.